The van der Waals surface area contributed by atoms with Gasteiger partial charge in [0.2, 0.25) is 10.0 Å². The predicted molar refractivity (Wildman–Crippen MR) is 122 cm³/mol. The molecule has 3 fully saturated rings. The van der Waals surface area contributed by atoms with Crippen LogP contribution in [-0.2, 0) is 31.4 Å². The molecule has 4 rings (SSSR count). The molecule has 3 N–H and O–H groups in total. The number of fused-ring (bicyclic) bond motifs is 2. The van der Waals surface area contributed by atoms with Gasteiger partial charge in [-0.1, -0.05) is 0 Å². The lowest BCUT2D eigenvalue weighted by Crippen LogP contribution is -2.52. The van der Waals surface area contributed by atoms with Crippen LogP contribution in [0.3, 0.4) is 0 Å². The summed E-state index contributed by atoms with van der Waals surface area (Å²) < 4.78 is 102. The second-order valence-electron chi connectivity index (χ2n) is 9.40. The number of piperidine rings is 1. The van der Waals surface area contributed by atoms with E-state index in [1.807, 2.05) is 0 Å². The fourth-order valence-corrected chi connectivity index (χ4v) is 8.57. The highest BCUT2D eigenvalue weighted by atomic mass is 32.2. The molecule has 1 aromatic carbocycles. The van der Waals surface area contributed by atoms with Crippen LogP contribution in [0.2, 0.25) is 0 Å². The monoisotopic (exact) mass is 540 g/mol. The number of sulfonamides is 1. The molecular formula is C21H31F3N4O5S2. The molecule has 0 spiro atoms. The molecule has 0 radical (unpaired) electrons. The molecule has 9 nitrogen and oxygen atoms in total. The normalized spacial score (nSPS) is 27.3. The third-order valence-electron chi connectivity index (χ3n) is 7.13. The Bertz CT molecular complexity index is 1120. The smallest absolute Gasteiger partial charge is 0.279 e. The van der Waals surface area contributed by atoms with Crippen LogP contribution < -0.4 is 10.5 Å². The number of hydrogen-bond donors (Lipinski definition) is 2. The second-order valence-corrected chi connectivity index (χ2v) is 13.1. The van der Waals surface area contributed by atoms with Crippen molar-refractivity contribution in [3.63, 3.8) is 0 Å². The average molecular weight is 541 g/mol. The topological polar surface area (TPSA) is 122 Å². The minimum absolute atomic E-state index is 0.00801. The van der Waals surface area contributed by atoms with Crippen molar-refractivity contribution < 1.29 is 34.7 Å². The van der Waals surface area contributed by atoms with Gasteiger partial charge in [0, 0.05) is 43.8 Å². The molecule has 3 aliphatic rings. The van der Waals surface area contributed by atoms with Gasteiger partial charge in [-0.3, -0.25) is 0 Å². The number of benzene rings is 1. The van der Waals surface area contributed by atoms with Gasteiger partial charge in [-0.25, -0.2) is 26.3 Å². The third kappa shape index (κ3) is 6.00. The molecule has 2 bridgehead atoms. The van der Waals surface area contributed by atoms with Gasteiger partial charge in [0.25, 0.3) is 10.2 Å². The van der Waals surface area contributed by atoms with Gasteiger partial charge in [0.15, 0.2) is 11.6 Å². The Morgan fingerprint density at radius 2 is 1.60 bits per heavy atom. The van der Waals surface area contributed by atoms with E-state index in [0.29, 0.717) is 45.0 Å². The van der Waals surface area contributed by atoms with E-state index in [1.54, 1.807) is 0 Å². The summed E-state index contributed by atoms with van der Waals surface area (Å²) in [4.78, 5) is 0. The number of hydrogen-bond acceptors (Lipinski definition) is 6. The fraction of sp³-hybridized carbons (Fsp3) is 0.714. The maximum atomic E-state index is 14.1. The van der Waals surface area contributed by atoms with Crippen LogP contribution in [0.4, 0.5) is 13.2 Å². The zero-order chi connectivity index (χ0) is 25.4. The molecule has 1 aromatic rings. The van der Waals surface area contributed by atoms with E-state index in [2.05, 4.69) is 4.72 Å². The molecule has 0 saturated carbocycles. The Balaban J connectivity index is 1.34. The summed E-state index contributed by atoms with van der Waals surface area (Å²) in [7, 11) is -7.51. The van der Waals surface area contributed by atoms with E-state index >= 15 is 0 Å². The summed E-state index contributed by atoms with van der Waals surface area (Å²) in [6, 6.07) is 0.226. The van der Waals surface area contributed by atoms with Crippen molar-refractivity contribution in [2.24, 2.45) is 11.7 Å². The van der Waals surface area contributed by atoms with E-state index in [-0.39, 0.29) is 55.4 Å². The molecule has 0 aliphatic carbocycles. The number of ether oxygens (including phenoxy) is 1. The van der Waals surface area contributed by atoms with Crippen molar-refractivity contribution in [2.75, 3.05) is 38.6 Å². The maximum absolute atomic E-state index is 14.1. The van der Waals surface area contributed by atoms with Crippen LogP contribution in [0.15, 0.2) is 12.1 Å². The van der Waals surface area contributed by atoms with Crippen LogP contribution >= 0.6 is 0 Å². The van der Waals surface area contributed by atoms with Gasteiger partial charge < -0.3 is 10.5 Å². The highest BCUT2D eigenvalue weighted by molar-refractivity contribution is 7.89. The zero-order valence-corrected chi connectivity index (χ0v) is 20.8. The van der Waals surface area contributed by atoms with Crippen LogP contribution in [-0.4, -0.2) is 82.2 Å². The van der Waals surface area contributed by atoms with Gasteiger partial charge in [0.05, 0.1) is 19.0 Å². The summed E-state index contributed by atoms with van der Waals surface area (Å²) in [5.74, 6) is -3.73. The average Bonchev–Trinajstić information content (AvgIpc) is 3.09. The maximum Gasteiger partial charge on any atom is 0.279 e. The highest BCUT2D eigenvalue weighted by Gasteiger charge is 2.47. The zero-order valence-electron chi connectivity index (χ0n) is 19.2. The number of morpholine rings is 1. The number of nitrogens with zero attached hydrogens (tertiary/aromatic N) is 2. The standard InChI is InChI=1S/C21H31F3N4O5S2/c22-18-13-20(24)19(23)11-14(18)12-21(25)15-9-16-1-2-17(10-15)28(16)34(29,30)8-3-26-35(31,32)27-4-6-33-7-5-27/h11,13,15-17,21,26H,1-10,12,25H2/t16-,17-,21-/m1/s1. The van der Waals surface area contributed by atoms with Gasteiger partial charge in [-0.15, -0.1) is 0 Å². The van der Waals surface area contributed by atoms with Crippen molar-refractivity contribution >= 4 is 20.2 Å². The Labute approximate surface area is 204 Å². The van der Waals surface area contributed by atoms with Crippen LogP contribution in [0.5, 0.6) is 0 Å². The minimum atomic E-state index is -3.78. The predicted octanol–water partition coefficient (Wildman–Crippen LogP) is 0.713. The lowest BCUT2D eigenvalue weighted by Gasteiger charge is -2.40. The largest absolute Gasteiger partial charge is 0.379 e. The van der Waals surface area contributed by atoms with E-state index in [9.17, 15) is 30.0 Å². The van der Waals surface area contributed by atoms with E-state index in [1.165, 1.54) is 8.61 Å². The van der Waals surface area contributed by atoms with Crippen LogP contribution in [0, 0.1) is 23.4 Å². The number of nitrogens with two attached hydrogens (primary N) is 1. The quantitative estimate of drug-likeness (QED) is 0.445. The molecule has 198 valence electrons. The fourth-order valence-electron chi connectivity index (χ4n) is 5.40. The van der Waals surface area contributed by atoms with Gasteiger partial charge in [-0.2, -0.15) is 17.0 Å². The lowest BCUT2D eigenvalue weighted by molar-refractivity contribution is 0.0725. The van der Waals surface area contributed by atoms with Crippen molar-refractivity contribution in [1.82, 2.24) is 13.3 Å². The van der Waals surface area contributed by atoms with Crippen molar-refractivity contribution in [2.45, 2.75) is 50.2 Å². The van der Waals surface area contributed by atoms with Crippen LogP contribution in [0.25, 0.3) is 0 Å². The second kappa shape index (κ2) is 10.6. The summed E-state index contributed by atoms with van der Waals surface area (Å²) in [5.41, 5.74) is 6.29. The van der Waals surface area contributed by atoms with Crippen molar-refractivity contribution in [3.05, 3.63) is 35.1 Å². The molecule has 14 heteroatoms. The van der Waals surface area contributed by atoms with Gasteiger partial charge in [-0.05, 0) is 49.7 Å². The van der Waals surface area contributed by atoms with Gasteiger partial charge >= 0.3 is 0 Å². The Morgan fingerprint density at radius 1 is 1.00 bits per heavy atom. The first-order valence-electron chi connectivity index (χ1n) is 11.7. The van der Waals surface area contributed by atoms with E-state index in [0.717, 1.165) is 6.07 Å². The molecule has 3 aliphatic heterocycles. The first kappa shape index (κ1) is 26.8. The lowest BCUT2D eigenvalue weighted by atomic mass is 9.83. The van der Waals surface area contributed by atoms with E-state index in [4.69, 9.17) is 10.5 Å². The van der Waals surface area contributed by atoms with Crippen molar-refractivity contribution in [3.8, 4) is 0 Å². The summed E-state index contributed by atoms with van der Waals surface area (Å²) in [6.07, 6.45) is 2.28. The van der Waals surface area contributed by atoms with Crippen LogP contribution in [0.1, 0.15) is 31.2 Å². The third-order valence-corrected chi connectivity index (χ3v) is 10.7. The minimum Gasteiger partial charge on any atom is -0.379 e. The molecule has 0 amide bonds. The highest BCUT2D eigenvalue weighted by Crippen LogP contribution is 2.42. The van der Waals surface area contributed by atoms with Crippen molar-refractivity contribution in [1.29, 1.82) is 0 Å². The SMILES string of the molecule is N[C@H](Cc1cc(F)c(F)cc1F)C1C[C@H]2CC[C@H](C1)N2S(=O)(=O)CCNS(=O)(=O)N1CCOCC1. The number of rotatable bonds is 9. The van der Waals surface area contributed by atoms with Gasteiger partial charge in [0.1, 0.15) is 5.82 Å². The molecule has 0 aromatic heterocycles. The Kier molecular flexibility index (Phi) is 8.10. The summed E-state index contributed by atoms with van der Waals surface area (Å²) in [6.45, 7) is 0.782. The molecule has 0 unspecified atom stereocenters. The molecule has 3 atom stereocenters. The molecule has 3 saturated heterocycles. The molecule has 35 heavy (non-hydrogen) atoms. The molecular weight excluding hydrogens is 509 g/mol. The first-order chi connectivity index (χ1) is 16.5. The summed E-state index contributed by atoms with van der Waals surface area (Å²) in [5, 5.41) is 0. The molecule has 3 heterocycles. The number of halogens is 3. The number of nitrogens with one attached hydrogen (secondary N) is 1. The summed E-state index contributed by atoms with van der Waals surface area (Å²) >= 11 is 0. The van der Waals surface area contributed by atoms with E-state index < -0.39 is 43.7 Å². The first-order valence-corrected chi connectivity index (χ1v) is 14.8. The Hall–Kier alpha value is -1.29. The Morgan fingerprint density at radius 3 is 2.23 bits per heavy atom.